The van der Waals surface area contributed by atoms with Gasteiger partial charge in [-0.25, -0.2) is 0 Å². The first-order valence-corrected chi connectivity index (χ1v) is 6.74. The number of fused-ring (bicyclic) bond motifs is 2. The van der Waals surface area contributed by atoms with Crippen LogP contribution in [0.5, 0.6) is 0 Å². The summed E-state index contributed by atoms with van der Waals surface area (Å²) in [5, 5.41) is 12.5. The van der Waals surface area contributed by atoms with Crippen molar-refractivity contribution in [2.45, 2.75) is 31.6 Å². The van der Waals surface area contributed by atoms with Gasteiger partial charge in [-0.3, -0.25) is 0 Å². The highest BCUT2D eigenvalue weighted by molar-refractivity contribution is 5.68. The van der Waals surface area contributed by atoms with Crippen molar-refractivity contribution in [3.8, 4) is 0 Å². The van der Waals surface area contributed by atoms with E-state index in [2.05, 4.69) is 36.4 Å². The van der Waals surface area contributed by atoms with Crippen LogP contribution in [0.4, 0.5) is 0 Å². The molecule has 1 aromatic carbocycles. The largest absolute Gasteiger partial charge is 0.512 e. The number of benzene rings is 1. The molecule has 0 saturated carbocycles. The van der Waals surface area contributed by atoms with Crippen molar-refractivity contribution >= 4 is 11.3 Å². The Labute approximate surface area is 106 Å². The molecule has 18 heavy (non-hydrogen) atoms. The van der Waals surface area contributed by atoms with Crippen molar-refractivity contribution in [1.29, 1.82) is 0 Å². The predicted octanol–water partition coefficient (Wildman–Crippen LogP) is 2.67. The minimum Gasteiger partial charge on any atom is -0.512 e. The van der Waals surface area contributed by atoms with E-state index in [9.17, 15) is 5.11 Å². The SMILES string of the molecule is OC1=c2cccc3c2=C(C=C2CC=CCC23)CC1. The molecule has 3 aliphatic rings. The molecule has 0 amide bonds. The van der Waals surface area contributed by atoms with E-state index in [-0.39, 0.29) is 0 Å². The van der Waals surface area contributed by atoms with Crippen LogP contribution < -0.4 is 10.4 Å². The van der Waals surface area contributed by atoms with Gasteiger partial charge >= 0.3 is 0 Å². The average molecular weight is 236 g/mol. The minimum absolute atomic E-state index is 0.541. The topological polar surface area (TPSA) is 20.2 Å². The number of aliphatic hydroxyl groups is 1. The third kappa shape index (κ3) is 1.28. The first-order valence-electron chi connectivity index (χ1n) is 6.74. The van der Waals surface area contributed by atoms with Gasteiger partial charge in [-0.05, 0) is 35.6 Å². The van der Waals surface area contributed by atoms with E-state index >= 15 is 0 Å². The lowest BCUT2D eigenvalue weighted by molar-refractivity contribution is 0.476. The van der Waals surface area contributed by atoms with Gasteiger partial charge in [0.15, 0.2) is 0 Å². The van der Waals surface area contributed by atoms with Crippen LogP contribution in [0.15, 0.2) is 42.0 Å². The highest BCUT2D eigenvalue weighted by Gasteiger charge is 2.25. The van der Waals surface area contributed by atoms with Crippen molar-refractivity contribution in [2.24, 2.45) is 0 Å². The molecular weight excluding hydrogens is 220 g/mol. The summed E-state index contributed by atoms with van der Waals surface area (Å²) in [5.41, 5.74) is 4.41. The summed E-state index contributed by atoms with van der Waals surface area (Å²) in [6, 6.07) is 6.40. The second kappa shape index (κ2) is 3.61. The lowest BCUT2D eigenvalue weighted by atomic mass is 9.75. The van der Waals surface area contributed by atoms with Gasteiger partial charge < -0.3 is 5.11 Å². The summed E-state index contributed by atoms with van der Waals surface area (Å²) in [6.45, 7) is 0. The van der Waals surface area contributed by atoms with Crippen molar-refractivity contribution in [3.63, 3.8) is 0 Å². The van der Waals surface area contributed by atoms with Crippen LogP contribution in [0.1, 0.15) is 37.2 Å². The second-order valence-electron chi connectivity index (χ2n) is 5.42. The van der Waals surface area contributed by atoms with Crippen LogP contribution in [0, 0.1) is 0 Å². The Bertz CT molecular complexity index is 704. The van der Waals surface area contributed by atoms with Gasteiger partial charge in [-0.1, -0.05) is 42.0 Å². The molecule has 1 nitrogen and oxygen atoms in total. The molecular formula is C17H16O. The van der Waals surface area contributed by atoms with Crippen molar-refractivity contribution in [2.75, 3.05) is 0 Å². The molecule has 0 fully saturated rings. The lowest BCUT2D eigenvalue weighted by Gasteiger charge is -2.29. The standard InChI is InChI=1S/C17H16O/c18-16-9-8-12-10-11-4-1-2-5-13(11)14-6-3-7-15(16)17(12)14/h1-3,6-7,10,13,18H,4-5,8-9H2. The fourth-order valence-corrected chi connectivity index (χ4v) is 3.57. The zero-order chi connectivity index (χ0) is 12.1. The molecule has 90 valence electrons. The molecule has 4 rings (SSSR count). The molecule has 0 aromatic heterocycles. The van der Waals surface area contributed by atoms with Gasteiger partial charge in [0.1, 0.15) is 5.76 Å². The van der Waals surface area contributed by atoms with E-state index in [0.717, 1.165) is 30.9 Å². The third-order valence-electron chi connectivity index (χ3n) is 4.43. The molecule has 1 atom stereocenters. The fourth-order valence-electron chi connectivity index (χ4n) is 3.57. The summed E-state index contributed by atoms with van der Waals surface area (Å²) in [4.78, 5) is 0. The van der Waals surface area contributed by atoms with Gasteiger partial charge in [-0.2, -0.15) is 0 Å². The Kier molecular flexibility index (Phi) is 2.05. The van der Waals surface area contributed by atoms with E-state index in [1.807, 2.05) is 0 Å². The summed E-state index contributed by atoms with van der Waals surface area (Å²) in [5.74, 6) is 1.11. The van der Waals surface area contributed by atoms with Gasteiger partial charge in [-0.15, -0.1) is 0 Å². The number of aliphatic hydroxyl groups excluding tert-OH is 1. The zero-order valence-corrected chi connectivity index (χ0v) is 10.3. The Morgan fingerprint density at radius 2 is 2.06 bits per heavy atom. The van der Waals surface area contributed by atoms with Crippen LogP contribution >= 0.6 is 0 Å². The number of hydrogen-bond acceptors (Lipinski definition) is 1. The summed E-state index contributed by atoms with van der Waals surface area (Å²) in [7, 11) is 0. The van der Waals surface area contributed by atoms with Gasteiger partial charge in [0.2, 0.25) is 0 Å². The van der Waals surface area contributed by atoms with Gasteiger partial charge in [0, 0.05) is 17.6 Å². The first-order chi connectivity index (χ1) is 8.84. The van der Waals surface area contributed by atoms with E-state index in [0.29, 0.717) is 11.7 Å². The quantitative estimate of drug-likeness (QED) is 0.687. The second-order valence-corrected chi connectivity index (χ2v) is 5.42. The van der Waals surface area contributed by atoms with E-state index in [4.69, 9.17) is 0 Å². The molecule has 0 heterocycles. The summed E-state index contributed by atoms with van der Waals surface area (Å²) in [6.07, 6.45) is 10.9. The zero-order valence-electron chi connectivity index (χ0n) is 10.3. The predicted molar refractivity (Wildman–Crippen MR) is 73.6 cm³/mol. The molecule has 1 N–H and O–H groups in total. The number of hydrogen-bond donors (Lipinski definition) is 1. The Hall–Kier alpha value is -1.76. The highest BCUT2D eigenvalue weighted by atomic mass is 16.3. The monoisotopic (exact) mass is 236 g/mol. The Balaban J connectivity index is 2.12. The molecule has 1 heteroatoms. The molecule has 0 spiro atoms. The highest BCUT2D eigenvalue weighted by Crippen LogP contribution is 2.36. The van der Waals surface area contributed by atoms with Crippen molar-refractivity contribution in [1.82, 2.24) is 0 Å². The molecule has 3 aliphatic carbocycles. The normalized spacial score (nSPS) is 24.4. The maximum absolute atomic E-state index is 10.1. The number of rotatable bonds is 0. The molecule has 0 aliphatic heterocycles. The van der Waals surface area contributed by atoms with E-state index < -0.39 is 0 Å². The summed E-state index contributed by atoms with van der Waals surface area (Å²) >= 11 is 0. The van der Waals surface area contributed by atoms with Crippen molar-refractivity contribution < 1.29 is 5.11 Å². The van der Waals surface area contributed by atoms with Gasteiger partial charge in [0.05, 0.1) is 0 Å². The van der Waals surface area contributed by atoms with E-state index in [1.165, 1.54) is 16.4 Å². The van der Waals surface area contributed by atoms with Crippen LogP contribution in [0.25, 0.3) is 11.3 Å². The Morgan fingerprint density at radius 1 is 1.11 bits per heavy atom. The minimum atomic E-state index is 0.541. The molecule has 0 radical (unpaired) electrons. The van der Waals surface area contributed by atoms with Crippen molar-refractivity contribution in [3.05, 3.63) is 58.0 Å². The fraction of sp³-hybridized carbons (Fsp3) is 0.294. The molecule has 0 saturated heterocycles. The van der Waals surface area contributed by atoms with Crippen LogP contribution in [-0.4, -0.2) is 5.11 Å². The van der Waals surface area contributed by atoms with Crippen LogP contribution in [-0.2, 0) is 0 Å². The lowest BCUT2D eigenvalue weighted by Crippen LogP contribution is -2.38. The van der Waals surface area contributed by atoms with Crippen LogP contribution in [0.2, 0.25) is 0 Å². The maximum Gasteiger partial charge on any atom is 0.100 e. The van der Waals surface area contributed by atoms with Gasteiger partial charge in [0.25, 0.3) is 0 Å². The molecule has 0 bridgehead atoms. The third-order valence-corrected chi connectivity index (χ3v) is 4.43. The smallest absolute Gasteiger partial charge is 0.100 e. The Morgan fingerprint density at radius 3 is 3.00 bits per heavy atom. The first kappa shape index (κ1) is 10.2. The molecule has 1 unspecified atom stereocenters. The maximum atomic E-state index is 10.1. The average Bonchev–Trinajstić information content (AvgIpc) is 2.43. The van der Waals surface area contributed by atoms with E-state index in [1.54, 1.807) is 5.57 Å². The number of allylic oxidation sites excluding steroid dienone is 4. The molecule has 1 aromatic rings. The summed E-state index contributed by atoms with van der Waals surface area (Å²) < 4.78 is 0. The van der Waals surface area contributed by atoms with Crippen LogP contribution in [0.3, 0.4) is 0 Å².